The Labute approximate surface area is 138 Å². The van der Waals surface area contributed by atoms with Crippen LogP contribution in [0.15, 0.2) is 0 Å². The third kappa shape index (κ3) is 6.03. The minimum atomic E-state index is -4.07. The highest BCUT2D eigenvalue weighted by molar-refractivity contribution is 7.89. The number of rotatable bonds is 5. The monoisotopic (exact) mass is 369 g/mol. The summed E-state index contributed by atoms with van der Waals surface area (Å²) in [5.41, 5.74) is 0. The molecule has 12 heteroatoms. The summed E-state index contributed by atoms with van der Waals surface area (Å²) in [6.07, 6.45) is -7.76. The standard InChI is InChI=1S/C12H19NO10S/c1-5(14)20-10-9(17)8(4-24(13,18)19)23-12(22-7(3)16)11(10)21-6(2)15/h8-12,17H,4H2,1-3H3,(H2,13,18,19)/t8-,9-,10+,11+,12?/m1/s1. The lowest BCUT2D eigenvalue weighted by molar-refractivity contribution is -0.289. The van der Waals surface area contributed by atoms with Crippen molar-refractivity contribution in [1.29, 1.82) is 0 Å². The van der Waals surface area contributed by atoms with E-state index in [2.05, 4.69) is 0 Å². The fourth-order valence-electron chi connectivity index (χ4n) is 2.16. The first-order chi connectivity index (χ1) is 10.9. The van der Waals surface area contributed by atoms with E-state index in [0.29, 0.717) is 0 Å². The Morgan fingerprint density at radius 3 is 1.88 bits per heavy atom. The predicted octanol–water partition coefficient (Wildman–Crippen LogP) is -2.21. The Kier molecular flexibility index (Phi) is 6.66. The molecule has 0 aromatic carbocycles. The zero-order valence-electron chi connectivity index (χ0n) is 13.2. The summed E-state index contributed by atoms with van der Waals surface area (Å²) >= 11 is 0. The molecule has 1 unspecified atom stereocenters. The van der Waals surface area contributed by atoms with Gasteiger partial charge in [-0.1, -0.05) is 0 Å². The van der Waals surface area contributed by atoms with Gasteiger partial charge in [0.1, 0.15) is 12.2 Å². The highest BCUT2D eigenvalue weighted by atomic mass is 32.2. The molecule has 1 heterocycles. The lowest BCUT2D eigenvalue weighted by Gasteiger charge is -2.42. The summed E-state index contributed by atoms with van der Waals surface area (Å²) in [7, 11) is -4.07. The maximum atomic E-state index is 11.2. The maximum Gasteiger partial charge on any atom is 0.305 e. The van der Waals surface area contributed by atoms with Gasteiger partial charge in [-0.05, 0) is 0 Å². The second kappa shape index (κ2) is 7.88. The summed E-state index contributed by atoms with van der Waals surface area (Å²) in [6.45, 7) is 3.11. The minimum Gasteiger partial charge on any atom is -0.455 e. The summed E-state index contributed by atoms with van der Waals surface area (Å²) in [5.74, 6) is -3.33. The molecule has 3 N–H and O–H groups in total. The van der Waals surface area contributed by atoms with Gasteiger partial charge in [-0.2, -0.15) is 0 Å². The molecule has 0 aromatic rings. The highest BCUT2D eigenvalue weighted by Gasteiger charge is 2.51. The van der Waals surface area contributed by atoms with Gasteiger partial charge in [0.15, 0.2) is 6.10 Å². The Morgan fingerprint density at radius 2 is 1.46 bits per heavy atom. The first kappa shape index (κ1) is 20.3. The molecular weight excluding hydrogens is 350 g/mol. The third-order valence-electron chi connectivity index (χ3n) is 2.90. The van der Waals surface area contributed by atoms with Crippen molar-refractivity contribution in [2.45, 2.75) is 51.5 Å². The Hall–Kier alpha value is -1.76. The Balaban J connectivity index is 3.19. The van der Waals surface area contributed by atoms with Crippen LogP contribution in [0.2, 0.25) is 0 Å². The van der Waals surface area contributed by atoms with E-state index < -0.39 is 64.4 Å². The van der Waals surface area contributed by atoms with Crippen LogP contribution in [-0.2, 0) is 43.4 Å². The van der Waals surface area contributed by atoms with Crippen LogP contribution in [0.5, 0.6) is 0 Å². The number of nitrogens with two attached hydrogens (primary N) is 1. The van der Waals surface area contributed by atoms with Gasteiger partial charge >= 0.3 is 17.9 Å². The molecule has 1 aliphatic heterocycles. The van der Waals surface area contributed by atoms with E-state index in [-0.39, 0.29) is 0 Å². The molecule has 1 aliphatic rings. The molecule has 0 aromatic heterocycles. The average molecular weight is 369 g/mol. The molecule has 0 amide bonds. The first-order valence-corrected chi connectivity index (χ1v) is 8.48. The number of carbonyl (C=O) groups is 3. The topological polar surface area (TPSA) is 169 Å². The molecule has 0 spiro atoms. The van der Waals surface area contributed by atoms with Crippen molar-refractivity contribution in [3.63, 3.8) is 0 Å². The van der Waals surface area contributed by atoms with Crippen LogP contribution in [0.25, 0.3) is 0 Å². The van der Waals surface area contributed by atoms with Crippen molar-refractivity contribution in [1.82, 2.24) is 0 Å². The number of hydrogen-bond acceptors (Lipinski definition) is 10. The van der Waals surface area contributed by atoms with Crippen molar-refractivity contribution in [3.8, 4) is 0 Å². The summed E-state index contributed by atoms with van der Waals surface area (Å²) < 4.78 is 42.3. The van der Waals surface area contributed by atoms with Crippen LogP contribution in [0, 0.1) is 0 Å². The fraction of sp³-hybridized carbons (Fsp3) is 0.750. The highest BCUT2D eigenvalue weighted by Crippen LogP contribution is 2.28. The molecule has 1 rings (SSSR count). The quantitative estimate of drug-likeness (QED) is 0.400. The summed E-state index contributed by atoms with van der Waals surface area (Å²) in [4.78, 5) is 33.7. The van der Waals surface area contributed by atoms with Gasteiger partial charge in [-0.3, -0.25) is 14.4 Å². The largest absolute Gasteiger partial charge is 0.455 e. The molecule has 5 atom stereocenters. The van der Waals surface area contributed by atoms with Crippen LogP contribution in [0.4, 0.5) is 0 Å². The molecule has 0 aliphatic carbocycles. The average Bonchev–Trinajstić information content (AvgIpc) is 2.36. The van der Waals surface area contributed by atoms with E-state index in [1.165, 1.54) is 0 Å². The lowest BCUT2D eigenvalue weighted by atomic mass is 9.99. The van der Waals surface area contributed by atoms with Crippen molar-refractivity contribution in [2.75, 3.05) is 5.75 Å². The van der Waals surface area contributed by atoms with E-state index in [4.69, 9.17) is 24.1 Å². The number of sulfonamides is 1. The number of primary sulfonamides is 1. The summed E-state index contributed by atoms with van der Waals surface area (Å²) in [6, 6.07) is 0. The van der Waals surface area contributed by atoms with Gasteiger partial charge < -0.3 is 24.1 Å². The SMILES string of the molecule is CC(=O)OC1O[C@H](CS(N)(=O)=O)[C@@H](O)[C@H](OC(C)=O)[C@@H]1OC(C)=O. The predicted molar refractivity (Wildman–Crippen MR) is 75.5 cm³/mol. The third-order valence-corrected chi connectivity index (χ3v) is 3.69. The van der Waals surface area contributed by atoms with Crippen LogP contribution < -0.4 is 5.14 Å². The van der Waals surface area contributed by atoms with Crippen molar-refractivity contribution >= 4 is 27.9 Å². The molecule has 1 fully saturated rings. The molecular formula is C12H19NO10S. The van der Waals surface area contributed by atoms with Crippen molar-refractivity contribution in [2.24, 2.45) is 5.14 Å². The van der Waals surface area contributed by atoms with Crippen molar-refractivity contribution < 1.29 is 46.9 Å². The van der Waals surface area contributed by atoms with Crippen LogP contribution in [0.1, 0.15) is 20.8 Å². The molecule has 138 valence electrons. The van der Waals surface area contributed by atoms with E-state index in [0.717, 1.165) is 20.8 Å². The second-order valence-corrected chi connectivity index (χ2v) is 6.78. The van der Waals surface area contributed by atoms with Crippen molar-refractivity contribution in [3.05, 3.63) is 0 Å². The minimum absolute atomic E-state index is 0.824. The number of esters is 3. The van der Waals surface area contributed by atoms with E-state index >= 15 is 0 Å². The van der Waals surface area contributed by atoms with Crippen LogP contribution in [-0.4, -0.2) is 67.9 Å². The number of hydrogen-bond donors (Lipinski definition) is 2. The van der Waals surface area contributed by atoms with Gasteiger partial charge in [0.25, 0.3) is 0 Å². The van der Waals surface area contributed by atoms with Gasteiger partial charge in [0.05, 0.1) is 5.75 Å². The van der Waals surface area contributed by atoms with Gasteiger partial charge in [-0.15, -0.1) is 0 Å². The lowest BCUT2D eigenvalue weighted by Crippen LogP contribution is -2.62. The molecule has 0 saturated carbocycles. The van der Waals surface area contributed by atoms with E-state index in [1.807, 2.05) is 0 Å². The van der Waals surface area contributed by atoms with Gasteiger partial charge in [0, 0.05) is 20.8 Å². The number of aliphatic hydroxyl groups is 1. The smallest absolute Gasteiger partial charge is 0.305 e. The zero-order chi connectivity index (χ0) is 18.7. The Bertz CT molecular complexity index is 603. The Morgan fingerprint density at radius 1 is 1.00 bits per heavy atom. The van der Waals surface area contributed by atoms with Crippen LogP contribution >= 0.6 is 0 Å². The number of aliphatic hydroxyl groups excluding tert-OH is 1. The molecule has 11 nitrogen and oxygen atoms in total. The first-order valence-electron chi connectivity index (χ1n) is 6.76. The zero-order valence-corrected chi connectivity index (χ0v) is 14.0. The second-order valence-electron chi connectivity index (χ2n) is 5.12. The normalized spacial score (nSPS) is 30.3. The maximum absolute atomic E-state index is 11.2. The number of ether oxygens (including phenoxy) is 4. The summed E-state index contributed by atoms with van der Waals surface area (Å²) in [5, 5.41) is 15.1. The van der Waals surface area contributed by atoms with E-state index in [1.54, 1.807) is 0 Å². The number of carbonyl (C=O) groups excluding carboxylic acids is 3. The van der Waals surface area contributed by atoms with Gasteiger partial charge in [0.2, 0.25) is 22.4 Å². The molecule has 1 saturated heterocycles. The fourth-order valence-corrected chi connectivity index (χ4v) is 2.89. The molecule has 0 radical (unpaired) electrons. The van der Waals surface area contributed by atoms with Crippen LogP contribution in [0.3, 0.4) is 0 Å². The molecule has 0 bridgehead atoms. The molecule has 24 heavy (non-hydrogen) atoms. The van der Waals surface area contributed by atoms with E-state index in [9.17, 15) is 27.9 Å². The van der Waals surface area contributed by atoms with Gasteiger partial charge in [-0.25, -0.2) is 13.6 Å².